The molecule has 2 aliphatic rings. The van der Waals surface area contributed by atoms with Gasteiger partial charge < -0.3 is 4.74 Å². The molecule has 136 valence electrons. The number of benzene rings is 1. The summed E-state index contributed by atoms with van der Waals surface area (Å²) in [5.74, 6) is -2.39. The largest absolute Gasteiger partial charge is 0.468 e. The van der Waals surface area contributed by atoms with Gasteiger partial charge in [-0.2, -0.15) is 0 Å². The van der Waals surface area contributed by atoms with E-state index >= 15 is 0 Å². The predicted molar refractivity (Wildman–Crippen MR) is 94.0 cm³/mol. The van der Waals surface area contributed by atoms with Gasteiger partial charge in [-0.15, -0.1) is 0 Å². The van der Waals surface area contributed by atoms with Crippen LogP contribution in [0.4, 0.5) is 5.69 Å². The lowest BCUT2D eigenvalue weighted by atomic mass is 9.73. The van der Waals surface area contributed by atoms with E-state index in [1.165, 1.54) is 13.2 Å². The van der Waals surface area contributed by atoms with E-state index in [-0.39, 0.29) is 18.0 Å². The molecule has 0 bridgehead atoms. The number of esters is 1. The Labute approximate surface area is 150 Å². The van der Waals surface area contributed by atoms with Crippen LogP contribution < -0.4 is 0 Å². The maximum Gasteiger partial charge on any atom is 0.315 e. The van der Waals surface area contributed by atoms with Crippen LogP contribution in [-0.4, -0.2) is 54.5 Å². The number of methoxy groups -OCH3 is 1. The Hall–Kier alpha value is -2.87. The molecule has 2 atom stereocenters. The number of carbonyl (C=O) groups is 2. The van der Waals surface area contributed by atoms with Gasteiger partial charge in [-0.05, 0) is 14.0 Å². The Bertz CT molecular complexity index is 858. The third kappa shape index (κ3) is 2.92. The van der Waals surface area contributed by atoms with Gasteiger partial charge in [0.1, 0.15) is 5.92 Å². The van der Waals surface area contributed by atoms with Crippen LogP contribution in [0.15, 0.2) is 40.5 Å². The summed E-state index contributed by atoms with van der Waals surface area (Å²) in [7, 11) is 3.06. The molecule has 0 saturated heterocycles. The first kappa shape index (κ1) is 17.9. The van der Waals surface area contributed by atoms with Crippen molar-refractivity contribution in [2.75, 3.05) is 27.2 Å². The minimum atomic E-state index is -0.868. The van der Waals surface area contributed by atoms with Crippen LogP contribution in [-0.2, 0) is 14.3 Å². The lowest BCUT2D eigenvalue weighted by molar-refractivity contribution is -0.385. The molecule has 26 heavy (non-hydrogen) atoms. The molecule has 0 aliphatic carbocycles. The Morgan fingerprint density at radius 3 is 2.69 bits per heavy atom. The van der Waals surface area contributed by atoms with E-state index < -0.39 is 22.7 Å². The number of nitro groups is 1. The second-order valence-electron chi connectivity index (χ2n) is 6.50. The molecule has 2 unspecified atom stereocenters. The minimum Gasteiger partial charge on any atom is -0.468 e. The number of rotatable bonds is 3. The van der Waals surface area contributed by atoms with Gasteiger partial charge in [-0.1, -0.05) is 18.2 Å². The average molecular weight is 357 g/mol. The van der Waals surface area contributed by atoms with Crippen molar-refractivity contribution in [2.45, 2.75) is 12.8 Å². The van der Waals surface area contributed by atoms with Crippen molar-refractivity contribution < 1.29 is 19.2 Å². The van der Waals surface area contributed by atoms with Gasteiger partial charge in [0.25, 0.3) is 5.69 Å². The molecule has 0 amide bonds. The van der Waals surface area contributed by atoms with Gasteiger partial charge in [0.15, 0.2) is 5.78 Å². The SMILES string of the molecule is COC(=O)C1C(C)=NC2=C(C(=O)CN(C)C2)C1c1ccccc1[N+](=O)[O-]. The fourth-order valence-corrected chi connectivity index (χ4v) is 3.71. The molecule has 3 rings (SSSR count). The molecule has 0 saturated carbocycles. The average Bonchev–Trinajstić information content (AvgIpc) is 2.59. The van der Waals surface area contributed by atoms with Crippen molar-refractivity contribution in [3.63, 3.8) is 0 Å². The number of nitro benzene ring substituents is 1. The highest BCUT2D eigenvalue weighted by molar-refractivity contribution is 6.09. The topological polar surface area (TPSA) is 102 Å². The summed E-state index contributed by atoms with van der Waals surface area (Å²) in [6.45, 7) is 2.31. The number of hydrogen-bond donors (Lipinski definition) is 0. The van der Waals surface area contributed by atoms with E-state index in [4.69, 9.17) is 4.74 Å². The third-order valence-corrected chi connectivity index (χ3v) is 4.77. The zero-order chi connectivity index (χ0) is 19.0. The number of Topliss-reactive ketones (excluding diaryl/α,β-unsaturated/α-hetero) is 1. The Morgan fingerprint density at radius 1 is 1.35 bits per heavy atom. The summed E-state index contributed by atoms with van der Waals surface area (Å²) in [6.07, 6.45) is 0. The lowest BCUT2D eigenvalue weighted by Crippen LogP contribution is -2.43. The zero-order valence-electron chi connectivity index (χ0n) is 14.8. The number of hydrogen-bond acceptors (Lipinski definition) is 7. The number of para-hydroxylation sites is 1. The molecular weight excluding hydrogens is 338 g/mol. The lowest BCUT2D eigenvalue weighted by Gasteiger charge is -2.36. The van der Waals surface area contributed by atoms with E-state index in [0.717, 1.165) is 0 Å². The molecule has 0 spiro atoms. The first-order chi connectivity index (χ1) is 12.3. The Balaban J connectivity index is 2.26. The molecule has 0 aromatic heterocycles. The second kappa shape index (κ2) is 6.80. The fourth-order valence-electron chi connectivity index (χ4n) is 3.71. The van der Waals surface area contributed by atoms with Gasteiger partial charge in [0.05, 0.1) is 24.3 Å². The Kier molecular flexibility index (Phi) is 4.69. The van der Waals surface area contributed by atoms with E-state index in [2.05, 4.69) is 4.99 Å². The summed E-state index contributed by atoms with van der Waals surface area (Å²) in [5.41, 5.74) is 1.62. The quantitative estimate of drug-likeness (QED) is 0.464. The summed E-state index contributed by atoms with van der Waals surface area (Å²) >= 11 is 0. The van der Waals surface area contributed by atoms with Crippen LogP contribution in [0.2, 0.25) is 0 Å². The predicted octanol–water partition coefficient (Wildman–Crippen LogP) is 1.71. The highest BCUT2D eigenvalue weighted by Crippen LogP contribution is 2.44. The maximum atomic E-state index is 12.8. The maximum absolute atomic E-state index is 12.8. The number of aliphatic imine (C=N–C) groups is 1. The third-order valence-electron chi connectivity index (χ3n) is 4.77. The van der Waals surface area contributed by atoms with E-state index in [1.807, 2.05) is 4.90 Å². The molecular formula is C18H19N3O5. The smallest absolute Gasteiger partial charge is 0.315 e. The van der Waals surface area contributed by atoms with Crippen LogP contribution in [0.5, 0.6) is 0 Å². The van der Waals surface area contributed by atoms with Gasteiger partial charge >= 0.3 is 5.97 Å². The minimum absolute atomic E-state index is 0.125. The standard InChI is InChI=1S/C18H19N3O5/c1-10-15(18(23)26-3)16(11-6-4-5-7-13(11)21(24)25)17-12(19-10)8-20(2)9-14(17)22/h4-7,15-16H,8-9H2,1-3H3. The van der Waals surface area contributed by atoms with Crippen LogP contribution in [0, 0.1) is 16.0 Å². The molecule has 2 heterocycles. The van der Waals surface area contributed by atoms with Crippen molar-refractivity contribution >= 4 is 23.2 Å². The van der Waals surface area contributed by atoms with E-state index in [0.29, 0.717) is 29.1 Å². The first-order valence-corrected chi connectivity index (χ1v) is 8.16. The molecule has 0 fully saturated rings. The fraction of sp³-hybridized carbons (Fsp3) is 0.389. The molecule has 1 aromatic carbocycles. The summed E-state index contributed by atoms with van der Waals surface area (Å²) in [5, 5.41) is 11.5. The van der Waals surface area contributed by atoms with Crippen molar-refractivity contribution in [1.29, 1.82) is 0 Å². The van der Waals surface area contributed by atoms with Crippen LogP contribution in [0.3, 0.4) is 0 Å². The number of ketones is 1. The number of ether oxygens (including phenoxy) is 1. The summed E-state index contributed by atoms with van der Waals surface area (Å²) < 4.78 is 4.91. The summed E-state index contributed by atoms with van der Waals surface area (Å²) in [6, 6.07) is 6.19. The molecule has 8 heteroatoms. The van der Waals surface area contributed by atoms with E-state index in [1.54, 1.807) is 32.2 Å². The second-order valence-corrected chi connectivity index (χ2v) is 6.50. The number of nitrogens with zero attached hydrogens (tertiary/aromatic N) is 3. The Morgan fingerprint density at radius 2 is 2.04 bits per heavy atom. The highest BCUT2D eigenvalue weighted by atomic mass is 16.6. The highest BCUT2D eigenvalue weighted by Gasteiger charge is 2.45. The summed E-state index contributed by atoms with van der Waals surface area (Å²) in [4.78, 5) is 42.6. The van der Waals surface area contributed by atoms with Crippen molar-refractivity contribution in [3.05, 3.63) is 51.2 Å². The van der Waals surface area contributed by atoms with Gasteiger partial charge in [0.2, 0.25) is 0 Å². The molecule has 0 N–H and O–H groups in total. The monoisotopic (exact) mass is 357 g/mol. The van der Waals surface area contributed by atoms with Crippen molar-refractivity contribution in [2.24, 2.45) is 10.9 Å². The number of likely N-dealkylation sites (N-methyl/N-ethyl adjacent to an activating group) is 1. The molecule has 0 radical (unpaired) electrons. The first-order valence-electron chi connectivity index (χ1n) is 8.16. The van der Waals surface area contributed by atoms with Crippen LogP contribution in [0.1, 0.15) is 18.4 Å². The van der Waals surface area contributed by atoms with Gasteiger partial charge in [0, 0.05) is 35.4 Å². The van der Waals surface area contributed by atoms with Gasteiger partial charge in [-0.3, -0.25) is 29.6 Å². The van der Waals surface area contributed by atoms with E-state index in [9.17, 15) is 19.7 Å². The molecule has 8 nitrogen and oxygen atoms in total. The van der Waals surface area contributed by atoms with Crippen molar-refractivity contribution in [3.8, 4) is 0 Å². The van der Waals surface area contributed by atoms with Crippen LogP contribution >= 0.6 is 0 Å². The van der Waals surface area contributed by atoms with Crippen molar-refractivity contribution in [1.82, 2.24) is 4.90 Å². The molecule has 2 aliphatic heterocycles. The molecule has 1 aromatic rings. The zero-order valence-corrected chi connectivity index (χ0v) is 14.8. The van der Waals surface area contributed by atoms with Gasteiger partial charge in [-0.25, -0.2) is 0 Å². The number of carbonyl (C=O) groups excluding carboxylic acids is 2. The normalized spacial score (nSPS) is 23.3. The van der Waals surface area contributed by atoms with Crippen LogP contribution in [0.25, 0.3) is 0 Å².